The highest BCUT2D eigenvalue weighted by Gasteiger charge is 2.41. The molecular weight excluding hydrogens is 364 g/mol. The van der Waals surface area contributed by atoms with E-state index in [4.69, 9.17) is 0 Å². The number of aryl methyl sites for hydroxylation is 1. The van der Waals surface area contributed by atoms with Crippen LogP contribution in [0.15, 0.2) is 23.1 Å². The number of imide groups is 1. The Labute approximate surface area is 163 Å². The number of anilines is 1. The minimum absolute atomic E-state index is 0.324. The molecule has 0 N–H and O–H groups in total. The number of hydrogen-bond donors (Lipinski definition) is 0. The van der Waals surface area contributed by atoms with E-state index in [2.05, 4.69) is 21.8 Å². The summed E-state index contributed by atoms with van der Waals surface area (Å²) in [5.74, 6) is -1.07. The predicted octanol–water partition coefficient (Wildman–Crippen LogP) is 3.58. The number of ether oxygens (including phenoxy) is 1. The van der Waals surface area contributed by atoms with E-state index in [1.54, 1.807) is 6.08 Å². The highest BCUT2D eigenvalue weighted by Crippen LogP contribution is 2.34. The van der Waals surface area contributed by atoms with Crippen LogP contribution in [0.5, 0.6) is 0 Å². The van der Waals surface area contributed by atoms with Gasteiger partial charge in [-0.25, -0.2) is 4.79 Å². The van der Waals surface area contributed by atoms with E-state index in [9.17, 15) is 14.4 Å². The molecule has 6 nitrogen and oxygen atoms in total. The van der Waals surface area contributed by atoms with Crippen molar-refractivity contribution in [1.82, 2.24) is 4.90 Å². The lowest BCUT2D eigenvalue weighted by molar-refractivity contribution is -0.148. The summed E-state index contributed by atoms with van der Waals surface area (Å²) >= 11 is 0.854. The van der Waals surface area contributed by atoms with Crippen LogP contribution in [-0.2, 0) is 14.3 Å². The smallest absolute Gasteiger partial charge is 0.328 e. The van der Waals surface area contributed by atoms with Crippen molar-refractivity contribution in [3.05, 3.63) is 34.2 Å². The van der Waals surface area contributed by atoms with Crippen LogP contribution in [0.2, 0.25) is 0 Å². The third-order valence-corrected chi connectivity index (χ3v) is 5.90. The minimum Gasteiger partial charge on any atom is -0.467 e. The SMILES string of the molecule is COC(=O)[C@@H](C)N1C(=O)S/C(=C/c2ccc(N3CCCCC3)cc2C)C1=O. The van der Waals surface area contributed by atoms with Gasteiger partial charge in [0, 0.05) is 18.8 Å². The van der Waals surface area contributed by atoms with Crippen molar-refractivity contribution in [3.8, 4) is 0 Å². The van der Waals surface area contributed by atoms with Crippen molar-refractivity contribution in [2.45, 2.75) is 39.2 Å². The third kappa shape index (κ3) is 4.03. The lowest BCUT2D eigenvalue weighted by atomic mass is 10.0. The molecule has 2 aliphatic rings. The average molecular weight is 388 g/mol. The van der Waals surface area contributed by atoms with Crippen molar-refractivity contribution in [3.63, 3.8) is 0 Å². The summed E-state index contributed by atoms with van der Waals surface area (Å²) in [5.41, 5.74) is 3.13. The van der Waals surface area contributed by atoms with E-state index >= 15 is 0 Å². The molecule has 0 spiro atoms. The lowest BCUT2D eigenvalue weighted by Gasteiger charge is -2.29. The number of carbonyl (C=O) groups excluding carboxylic acids is 3. The number of hydrogen-bond acceptors (Lipinski definition) is 6. The van der Waals surface area contributed by atoms with Gasteiger partial charge in [-0.15, -0.1) is 0 Å². The molecule has 2 aliphatic heterocycles. The Hall–Kier alpha value is -2.28. The summed E-state index contributed by atoms with van der Waals surface area (Å²) in [4.78, 5) is 40.2. The quantitative estimate of drug-likeness (QED) is 0.580. The molecule has 0 aliphatic carbocycles. The number of benzene rings is 1. The van der Waals surface area contributed by atoms with Crippen LogP contribution < -0.4 is 4.90 Å². The fourth-order valence-corrected chi connectivity index (χ4v) is 4.30. The first kappa shape index (κ1) is 19.5. The van der Waals surface area contributed by atoms with E-state index in [0.717, 1.165) is 40.9 Å². The molecule has 27 heavy (non-hydrogen) atoms. The molecule has 0 unspecified atom stereocenters. The average Bonchev–Trinajstić information content (AvgIpc) is 2.96. The van der Waals surface area contributed by atoms with Gasteiger partial charge in [-0.3, -0.25) is 14.5 Å². The molecule has 2 saturated heterocycles. The molecule has 1 aromatic rings. The van der Waals surface area contributed by atoms with Crippen LogP contribution in [0.1, 0.15) is 37.3 Å². The third-order valence-electron chi connectivity index (χ3n) is 5.01. The fourth-order valence-electron chi connectivity index (χ4n) is 3.40. The number of rotatable bonds is 4. The molecule has 3 rings (SSSR count). The van der Waals surface area contributed by atoms with Gasteiger partial charge in [0.25, 0.3) is 11.1 Å². The van der Waals surface area contributed by atoms with E-state index in [1.807, 2.05) is 13.0 Å². The van der Waals surface area contributed by atoms with Gasteiger partial charge in [0.15, 0.2) is 0 Å². The number of methoxy groups -OCH3 is 1. The Morgan fingerprint density at radius 1 is 1.22 bits per heavy atom. The zero-order chi connectivity index (χ0) is 19.6. The first-order chi connectivity index (χ1) is 12.9. The van der Waals surface area contributed by atoms with Gasteiger partial charge < -0.3 is 9.64 Å². The van der Waals surface area contributed by atoms with Crippen LogP contribution in [0.3, 0.4) is 0 Å². The number of piperidine rings is 1. The van der Waals surface area contributed by atoms with Gasteiger partial charge >= 0.3 is 5.97 Å². The highest BCUT2D eigenvalue weighted by atomic mass is 32.2. The molecular formula is C20H24N2O4S. The Morgan fingerprint density at radius 3 is 2.56 bits per heavy atom. The van der Waals surface area contributed by atoms with Crippen molar-refractivity contribution < 1.29 is 19.1 Å². The molecule has 1 atom stereocenters. The number of carbonyl (C=O) groups is 3. The van der Waals surface area contributed by atoms with Crippen molar-refractivity contribution in [2.75, 3.05) is 25.1 Å². The van der Waals surface area contributed by atoms with Gasteiger partial charge in [-0.2, -0.15) is 0 Å². The zero-order valence-electron chi connectivity index (χ0n) is 15.9. The summed E-state index contributed by atoms with van der Waals surface area (Å²) in [6.07, 6.45) is 5.44. The fraction of sp³-hybridized carbons (Fsp3) is 0.450. The normalized spacial score (nSPS) is 20.3. The molecule has 0 radical (unpaired) electrons. The summed E-state index contributed by atoms with van der Waals surface area (Å²) in [7, 11) is 1.24. The van der Waals surface area contributed by atoms with Gasteiger partial charge in [-0.1, -0.05) is 6.07 Å². The minimum atomic E-state index is -0.934. The van der Waals surface area contributed by atoms with Gasteiger partial charge in [0.2, 0.25) is 0 Å². The number of thioether (sulfide) groups is 1. The maximum atomic E-state index is 12.6. The highest BCUT2D eigenvalue weighted by molar-refractivity contribution is 8.18. The topological polar surface area (TPSA) is 66.9 Å². The molecule has 2 amide bonds. The van der Waals surface area contributed by atoms with Crippen LogP contribution in [0.25, 0.3) is 6.08 Å². The summed E-state index contributed by atoms with van der Waals surface area (Å²) < 4.78 is 4.65. The Balaban J connectivity index is 1.81. The Kier molecular flexibility index (Phi) is 5.89. The summed E-state index contributed by atoms with van der Waals surface area (Å²) in [6.45, 7) is 5.64. The second-order valence-electron chi connectivity index (χ2n) is 6.84. The van der Waals surface area contributed by atoms with Crippen molar-refractivity contribution in [1.29, 1.82) is 0 Å². The Bertz CT molecular complexity index is 799. The molecule has 144 valence electrons. The largest absolute Gasteiger partial charge is 0.467 e. The first-order valence-electron chi connectivity index (χ1n) is 9.13. The van der Waals surface area contributed by atoms with Gasteiger partial charge in [-0.05, 0) is 74.2 Å². The second-order valence-corrected chi connectivity index (χ2v) is 7.83. The summed E-state index contributed by atoms with van der Waals surface area (Å²) in [6, 6.07) is 5.23. The van der Waals surface area contributed by atoms with Crippen LogP contribution in [0, 0.1) is 6.92 Å². The molecule has 1 aromatic carbocycles. The number of nitrogens with zero attached hydrogens (tertiary/aromatic N) is 2. The van der Waals surface area contributed by atoms with E-state index < -0.39 is 23.2 Å². The van der Waals surface area contributed by atoms with Crippen LogP contribution in [-0.4, -0.2) is 48.3 Å². The van der Waals surface area contributed by atoms with E-state index in [1.165, 1.54) is 39.0 Å². The van der Waals surface area contributed by atoms with Gasteiger partial charge in [0.1, 0.15) is 6.04 Å². The standard InChI is InChI=1S/C20H24N2O4S/c1-13-11-16(21-9-5-4-6-10-21)8-7-15(13)12-17-18(23)22(20(25)27-17)14(2)19(24)26-3/h7-8,11-12,14H,4-6,9-10H2,1-3H3/b17-12+/t14-/m1/s1. The van der Waals surface area contributed by atoms with Crippen LogP contribution >= 0.6 is 11.8 Å². The van der Waals surface area contributed by atoms with Crippen molar-refractivity contribution >= 4 is 40.6 Å². The molecule has 0 aromatic heterocycles. The predicted molar refractivity (Wildman–Crippen MR) is 107 cm³/mol. The number of amides is 2. The maximum Gasteiger partial charge on any atom is 0.328 e. The van der Waals surface area contributed by atoms with Gasteiger partial charge in [0.05, 0.1) is 12.0 Å². The molecule has 2 heterocycles. The lowest BCUT2D eigenvalue weighted by Crippen LogP contribution is -2.42. The zero-order valence-corrected chi connectivity index (χ0v) is 16.7. The van der Waals surface area contributed by atoms with E-state index in [0.29, 0.717) is 4.91 Å². The second kappa shape index (κ2) is 8.17. The molecule has 0 saturated carbocycles. The van der Waals surface area contributed by atoms with Crippen LogP contribution in [0.4, 0.5) is 10.5 Å². The molecule has 0 bridgehead atoms. The van der Waals surface area contributed by atoms with E-state index in [-0.39, 0.29) is 0 Å². The van der Waals surface area contributed by atoms with Crippen molar-refractivity contribution in [2.24, 2.45) is 0 Å². The number of esters is 1. The summed E-state index contributed by atoms with van der Waals surface area (Å²) in [5, 5.41) is -0.452. The maximum absolute atomic E-state index is 12.6. The first-order valence-corrected chi connectivity index (χ1v) is 9.94. The monoisotopic (exact) mass is 388 g/mol. The molecule has 7 heteroatoms. The Morgan fingerprint density at radius 2 is 1.93 bits per heavy atom. The molecule has 2 fully saturated rings.